The lowest BCUT2D eigenvalue weighted by Crippen LogP contribution is -2.41. The van der Waals surface area contributed by atoms with Crippen molar-refractivity contribution in [2.45, 2.75) is 97.2 Å². The molecular formula is C31H41N5O2S. The zero-order chi connectivity index (χ0) is 26.9. The molecule has 0 spiro atoms. The van der Waals surface area contributed by atoms with Crippen LogP contribution in [0, 0.1) is 5.92 Å². The predicted octanol–water partition coefficient (Wildman–Crippen LogP) is 6.60. The van der Waals surface area contributed by atoms with Crippen LogP contribution in [0.15, 0.2) is 24.5 Å². The maximum Gasteiger partial charge on any atom is 0.320 e. The molecule has 0 bridgehead atoms. The molecule has 2 amide bonds. The molecule has 39 heavy (non-hydrogen) atoms. The zero-order valence-electron chi connectivity index (χ0n) is 23.3. The largest absolute Gasteiger partial charge is 0.343 e. The normalized spacial score (nSPS) is 18.2. The fourth-order valence-electron chi connectivity index (χ4n) is 6.83. The van der Waals surface area contributed by atoms with Gasteiger partial charge in [0.25, 0.3) is 0 Å². The summed E-state index contributed by atoms with van der Waals surface area (Å²) in [6.45, 7) is 6.36. The number of hydrogen-bond donors (Lipinski definition) is 3. The molecule has 1 aliphatic heterocycles. The van der Waals surface area contributed by atoms with E-state index in [1.807, 2.05) is 12.1 Å². The highest BCUT2D eigenvalue weighted by Gasteiger charge is 2.31. The van der Waals surface area contributed by atoms with Gasteiger partial charge >= 0.3 is 6.03 Å². The number of fused-ring (bicyclic) bond motifs is 2. The van der Waals surface area contributed by atoms with Crippen LogP contribution in [-0.2, 0) is 32.4 Å². The number of H-pyrrole nitrogens is 1. The Morgan fingerprint density at radius 3 is 2.62 bits per heavy atom. The second-order valence-corrected chi connectivity index (χ2v) is 12.7. The SMILES string of the molecule is CCC(CC1CCC1)N1CCc2c([nH]c(-n3cccc3)c2CNC(=O)Nc2sc3c(c2C(C)=O)CCCC3)C1. The fraction of sp³-hybridized carbons (Fsp3) is 0.548. The number of Topliss-reactive ketones (excluding diaryl/α,β-unsaturated/α-hetero) is 1. The summed E-state index contributed by atoms with van der Waals surface area (Å²) in [5.41, 5.74) is 5.63. The van der Waals surface area contributed by atoms with E-state index in [4.69, 9.17) is 0 Å². The van der Waals surface area contributed by atoms with Crippen LogP contribution in [0.4, 0.5) is 9.80 Å². The van der Waals surface area contributed by atoms with E-state index < -0.39 is 0 Å². The van der Waals surface area contributed by atoms with Crippen molar-refractivity contribution in [1.29, 1.82) is 0 Å². The number of aromatic amines is 1. The number of carbonyl (C=O) groups is 2. The maximum atomic E-state index is 13.1. The number of aromatic nitrogens is 2. The summed E-state index contributed by atoms with van der Waals surface area (Å²) in [5, 5.41) is 6.84. The molecule has 2 aliphatic carbocycles. The molecule has 0 radical (unpaired) electrons. The summed E-state index contributed by atoms with van der Waals surface area (Å²) in [7, 11) is 0. The van der Waals surface area contributed by atoms with Crippen LogP contribution in [-0.4, -0.2) is 38.9 Å². The van der Waals surface area contributed by atoms with Crippen LogP contribution < -0.4 is 10.6 Å². The van der Waals surface area contributed by atoms with Gasteiger partial charge in [0.1, 0.15) is 10.8 Å². The van der Waals surface area contributed by atoms with E-state index >= 15 is 0 Å². The first-order chi connectivity index (χ1) is 19.0. The molecule has 1 saturated carbocycles. The van der Waals surface area contributed by atoms with E-state index in [1.54, 1.807) is 18.3 Å². The highest BCUT2D eigenvalue weighted by molar-refractivity contribution is 7.17. The number of thiophene rings is 1. The molecule has 3 aromatic rings. The number of carbonyl (C=O) groups excluding carboxylic acids is 2. The lowest BCUT2D eigenvalue weighted by Gasteiger charge is -2.38. The average Bonchev–Trinajstić information content (AvgIpc) is 3.63. The summed E-state index contributed by atoms with van der Waals surface area (Å²) in [5.74, 6) is 1.98. The second kappa shape index (κ2) is 11.3. The first-order valence-corrected chi connectivity index (χ1v) is 15.6. The third-order valence-electron chi connectivity index (χ3n) is 9.15. The number of nitrogens with one attached hydrogen (secondary N) is 3. The third-order valence-corrected chi connectivity index (χ3v) is 10.4. The van der Waals surface area contributed by atoms with Crippen molar-refractivity contribution in [3.63, 3.8) is 0 Å². The molecule has 3 aliphatic rings. The number of aryl methyl sites for hydroxylation is 1. The van der Waals surface area contributed by atoms with Gasteiger partial charge in [0.05, 0.1) is 5.56 Å². The molecule has 1 unspecified atom stereocenters. The summed E-state index contributed by atoms with van der Waals surface area (Å²) >= 11 is 1.57. The lowest BCUT2D eigenvalue weighted by atomic mass is 9.80. The van der Waals surface area contributed by atoms with Gasteiger partial charge in [0.2, 0.25) is 0 Å². The number of nitrogens with zero attached hydrogens (tertiary/aromatic N) is 2. The molecular weight excluding hydrogens is 506 g/mol. The van der Waals surface area contributed by atoms with Crippen molar-refractivity contribution in [2.24, 2.45) is 5.92 Å². The molecule has 0 aromatic carbocycles. The van der Waals surface area contributed by atoms with Crippen molar-refractivity contribution in [1.82, 2.24) is 19.8 Å². The molecule has 8 heteroatoms. The Kier molecular flexibility index (Phi) is 7.67. The van der Waals surface area contributed by atoms with Gasteiger partial charge in [-0.15, -0.1) is 11.3 Å². The van der Waals surface area contributed by atoms with Gasteiger partial charge < -0.3 is 14.9 Å². The van der Waals surface area contributed by atoms with Crippen LogP contribution in [0.1, 0.15) is 96.4 Å². The van der Waals surface area contributed by atoms with Gasteiger partial charge in [-0.1, -0.05) is 26.2 Å². The minimum Gasteiger partial charge on any atom is -0.343 e. The van der Waals surface area contributed by atoms with Crippen LogP contribution in [0.25, 0.3) is 5.82 Å². The van der Waals surface area contributed by atoms with Crippen molar-refractivity contribution >= 4 is 28.2 Å². The summed E-state index contributed by atoms with van der Waals surface area (Å²) in [6, 6.07) is 4.45. The van der Waals surface area contributed by atoms with E-state index in [-0.39, 0.29) is 11.8 Å². The highest BCUT2D eigenvalue weighted by Crippen LogP contribution is 2.39. The van der Waals surface area contributed by atoms with Gasteiger partial charge in [0, 0.05) is 54.2 Å². The van der Waals surface area contributed by atoms with Gasteiger partial charge in [-0.05, 0) is 81.0 Å². The van der Waals surface area contributed by atoms with Crippen LogP contribution in [0.3, 0.4) is 0 Å². The van der Waals surface area contributed by atoms with Crippen molar-refractivity contribution in [3.8, 4) is 5.82 Å². The topological polar surface area (TPSA) is 82.2 Å². The minimum absolute atomic E-state index is 0.0338. The lowest BCUT2D eigenvalue weighted by molar-refractivity contribution is 0.101. The van der Waals surface area contributed by atoms with E-state index in [0.717, 1.165) is 68.1 Å². The number of anilines is 1. The molecule has 6 rings (SSSR count). The number of rotatable bonds is 9. The molecule has 3 aromatic heterocycles. The van der Waals surface area contributed by atoms with E-state index in [0.29, 0.717) is 23.2 Å². The molecule has 0 saturated heterocycles. The van der Waals surface area contributed by atoms with Gasteiger partial charge in [0.15, 0.2) is 5.78 Å². The Hall–Kier alpha value is -2.84. The number of hydrogen-bond acceptors (Lipinski definition) is 4. The Bertz CT molecular complexity index is 1330. The summed E-state index contributed by atoms with van der Waals surface area (Å²) in [6.07, 6.45) is 16.0. The van der Waals surface area contributed by atoms with E-state index in [1.165, 1.54) is 48.2 Å². The Balaban J connectivity index is 1.19. The monoisotopic (exact) mass is 547 g/mol. The minimum atomic E-state index is -0.256. The number of ketones is 1. The van der Waals surface area contributed by atoms with Gasteiger partial charge in [-0.25, -0.2) is 4.79 Å². The molecule has 1 fully saturated rings. The molecule has 1 atom stereocenters. The third kappa shape index (κ3) is 5.33. The van der Waals surface area contributed by atoms with E-state index in [2.05, 4.69) is 44.4 Å². The molecule has 208 valence electrons. The predicted molar refractivity (Wildman–Crippen MR) is 157 cm³/mol. The second-order valence-electron chi connectivity index (χ2n) is 11.6. The van der Waals surface area contributed by atoms with Gasteiger partial charge in [-0.2, -0.15) is 0 Å². The standard InChI is InChI=1S/C31H41N5O2S/c1-3-22(17-21-9-8-10-21)36-16-13-23-25(29(33-26(23)19-36)35-14-6-7-15-35)18-32-31(38)34-30-28(20(2)37)24-11-4-5-12-27(24)39-30/h6-7,14-15,21-22,33H,3-5,8-13,16-19H2,1-2H3,(H2,32,34,38). The number of urea groups is 1. The molecule has 7 nitrogen and oxygen atoms in total. The molecule has 4 heterocycles. The van der Waals surface area contributed by atoms with Crippen LogP contribution in [0.2, 0.25) is 0 Å². The average molecular weight is 548 g/mol. The van der Waals surface area contributed by atoms with Crippen molar-refractivity contribution in [3.05, 3.63) is 57.4 Å². The maximum absolute atomic E-state index is 13.1. The fourth-order valence-corrected chi connectivity index (χ4v) is 8.16. The summed E-state index contributed by atoms with van der Waals surface area (Å²) < 4.78 is 2.12. The Morgan fingerprint density at radius 2 is 1.90 bits per heavy atom. The summed E-state index contributed by atoms with van der Waals surface area (Å²) in [4.78, 5) is 33.2. The van der Waals surface area contributed by atoms with Crippen molar-refractivity contribution < 1.29 is 9.59 Å². The Labute approximate surface area is 235 Å². The molecule has 3 N–H and O–H groups in total. The first-order valence-electron chi connectivity index (χ1n) is 14.8. The van der Waals surface area contributed by atoms with Gasteiger partial charge in [-0.3, -0.25) is 15.0 Å². The first kappa shape index (κ1) is 26.4. The van der Waals surface area contributed by atoms with Crippen LogP contribution in [0.5, 0.6) is 0 Å². The quantitative estimate of drug-likeness (QED) is 0.264. The number of amides is 2. The smallest absolute Gasteiger partial charge is 0.320 e. The van der Waals surface area contributed by atoms with Crippen molar-refractivity contribution in [2.75, 3.05) is 11.9 Å². The Morgan fingerprint density at radius 1 is 1.10 bits per heavy atom. The van der Waals surface area contributed by atoms with E-state index in [9.17, 15) is 9.59 Å². The zero-order valence-corrected chi connectivity index (χ0v) is 24.1. The highest BCUT2D eigenvalue weighted by atomic mass is 32.1. The van der Waals surface area contributed by atoms with Crippen LogP contribution >= 0.6 is 11.3 Å².